The molecule has 0 aliphatic heterocycles. The Balaban J connectivity index is 3.08. The van der Waals surface area contributed by atoms with Gasteiger partial charge in [0, 0.05) is 11.7 Å². The molecule has 0 aliphatic rings. The van der Waals surface area contributed by atoms with Gasteiger partial charge < -0.3 is 10.4 Å². The van der Waals surface area contributed by atoms with Crippen LogP contribution in [0.15, 0.2) is 6.07 Å². The van der Waals surface area contributed by atoms with E-state index >= 15 is 0 Å². The van der Waals surface area contributed by atoms with Crippen molar-refractivity contribution in [3.05, 3.63) is 22.9 Å². The number of carboxylic acids is 1. The molecule has 1 aromatic rings. The number of carboxylic acid groups (broad SMARTS) is 1. The number of hydrogen-bond donors (Lipinski definition) is 2. The molecule has 1 aromatic heterocycles. The van der Waals surface area contributed by atoms with Gasteiger partial charge in [-0.3, -0.25) is 0 Å². The number of anilines is 1. The maximum atomic E-state index is 11.2. The molecule has 1 heterocycles. The van der Waals surface area contributed by atoms with Crippen LogP contribution < -0.4 is 5.32 Å². The second-order valence-corrected chi connectivity index (χ2v) is 4.44. The summed E-state index contributed by atoms with van der Waals surface area (Å²) in [7, 11) is 0. The fourth-order valence-electron chi connectivity index (χ4n) is 1.95. The first-order valence-electron chi connectivity index (χ1n) is 5.93. The Morgan fingerprint density at radius 3 is 2.71 bits per heavy atom. The molecule has 94 valence electrons. The fraction of sp³-hybridized carbons (Fsp3) is 0.538. The molecule has 17 heavy (non-hydrogen) atoms. The lowest BCUT2D eigenvalue weighted by Crippen LogP contribution is -2.19. The number of hydrogen-bond acceptors (Lipinski definition) is 3. The number of aromatic carboxylic acids is 1. The minimum absolute atomic E-state index is 0.229. The molecule has 0 radical (unpaired) electrons. The summed E-state index contributed by atoms with van der Waals surface area (Å²) in [4.78, 5) is 15.5. The number of pyridine rings is 1. The zero-order valence-electron chi connectivity index (χ0n) is 10.9. The largest absolute Gasteiger partial charge is 0.478 e. The minimum Gasteiger partial charge on any atom is -0.478 e. The first-order valence-corrected chi connectivity index (χ1v) is 5.93. The lowest BCUT2D eigenvalue weighted by atomic mass is 10.1. The molecule has 0 bridgehead atoms. The van der Waals surface area contributed by atoms with E-state index in [9.17, 15) is 9.90 Å². The third-order valence-electron chi connectivity index (χ3n) is 2.66. The van der Waals surface area contributed by atoms with Crippen LogP contribution in [-0.4, -0.2) is 22.1 Å². The predicted octanol–water partition coefficient (Wildman–Crippen LogP) is 3.00. The van der Waals surface area contributed by atoms with Gasteiger partial charge in [-0.2, -0.15) is 0 Å². The van der Waals surface area contributed by atoms with Crippen LogP contribution in [0.5, 0.6) is 0 Å². The Labute approximate surface area is 102 Å². The monoisotopic (exact) mass is 236 g/mol. The SMILES string of the molecule is CCCC(C)Nc1nc(C)cc(C)c1C(=O)O. The fourth-order valence-corrected chi connectivity index (χ4v) is 1.95. The molecule has 1 rings (SSSR count). The summed E-state index contributed by atoms with van der Waals surface area (Å²) >= 11 is 0. The molecule has 0 amide bonds. The van der Waals surface area contributed by atoms with Gasteiger partial charge in [0.25, 0.3) is 0 Å². The van der Waals surface area contributed by atoms with E-state index in [1.54, 1.807) is 13.0 Å². The Kier molecular flexibility index (Phi) is 4.49. The van der Waals surface area contributed by atoms with E-state index in [4.69, 9.17) is 0 Å². The van der Waals surface area contributed by atoms with Crippen molar-refractivity contribution < 1.29 is 9.90 Å². The third-order valence-corrected chi connectivity index (χ3v) is 2.66. The Hall–Kier alpha value is -1.58. The highest BCUT2D eigenvalue weighted by Crippen LogP contribution is 2.20. The van der Waals surface area contributed by atoms with Crippen molar-refractivity contribution >= 4 is 11.8 Å². The molecule has 0 saturated heterocycles. The summed E-state index contributed by atoms with van der Waals surface area (Å²) in [5, 5.41) is 12.4. The van der Waals surface area contributed by atoms with E-state index in [1.807, 2.05) is 13.8 Å². The molecule has 0 aliphatic carbocycles. The van der Waals surface area contributed by atoms with E-state index < -0.39 is 5.97 Å². The highest BCUT2D eigenvalue weighted by molar-refractivity contribution is 5.94. The zero-order chi connectivity index (χ0) is 13.0. The maximum Gasteiger partial charge on any atom is 0.339 e. The van der Waals surface area contributed by atoms with E-state index in [0.29, 0.717) is 5.82 Å². The summed E-state index contributed by atoms with van der Waals surface area (Å²) in [5.41, 5.74) is 1.86. The van der Waals surface area contributed by atoms with Crippen LogP contribution in [0, 0.1) is 13.8 Å². The number of nitrogens with zero attached hydrogens (tertiary/aromatic N) is 1. The van der Waals surface area contributed by atoms with E-state index in [-0.39, 0.29) is 11.6 Å². The van der Waals surface area contributed by atoms with E-state index in [2.05, 4.69) is 17.2 Å². The molecule has 0 saturated carbocycles. The quantitative estimate of drug-likeness (QED) is 0.825. The number of aryl methyl sites for hydroxylation is 2. The van der Waals surface area contributed by atoms with Crippen LogP contribution in [0.1, 0.15) is 48.3 Å². The first kappa shape index (κ1) is 13.5. The molecule has 2 N–H and O–H groups in total. The molecular formula is C13H20N2O2. The first-order chi connectivity index (χ1) is 7.95. The number of rotatable bonds is 5. The van der Waals surface area contributed by atoms with Crippen molar-refractivity contribution in [1.29, 1.82) is 0 Å². The van der Waals surface area contributed by atoms with Gasteiger partial charge in [0.1, 0.15) is 11.4 Å². The Morgan fingerprint density at radius 1 is 1.53 bits per heavy atom. The van der Waals surface area contributed by atoms with Crippen LogP contribution in [-0.2, 0) is 0 Å². The lowest BCUT2D eigenvalue weighted by molar-refractivity contribution is 0.0697. The Morgan fingerprint density at radius 2 is 2.18 bits per heavy atom. The molecule has 1 atom stereocenters. The topological polar surface area (TPSA) is 62.2 Å². The average molecular weight is 236 g/mol. The summed E-state index contributed by atoms with van der Waals surface area (Å²) in [6.07, 6.45) is 2.05. The summed E-state index contributed by atoms with van der Waals surface area (Å²) in [6.45, 7) is 7.81. The van der Waals surface area contributed by atoms with Crippen LogP contribution >= 0.6 is 0 Å². The van der Waals surface area contributed by atoms with Crippen molar-refractivity contribution in [1.82, 2.24) is 4.98 Å². The van der Waals surface area contributed by atoms with Crippen molar-refractivity contribution in [2.75, 3.05) is 5.32 Å². The van der Waals surface area contributed by atoms with E-state index in [1.165, 1.54) is 0 Å². The molecule has 0 aromatic carbocycles. The smallest absolute Gasteiger partial charge is 0.339 e. The van der Waals surface area contributed by atoms with Gasteiger partial charge in [0.05, 0.1) is 0 Å². The van der Waals surface area contributed by atoms with Crippen molar-refractivity contribution in [3.63, 3.8) is 0 Å². The van der Waals surface area contributed by atoms with Crippen molar-refractivity contribution in [2.45, 2.75) is 46.6 Å². The van der Waals surface area contributed by atoms with Gasteiger partial charge in [-0.15, -0.1) is 0 Å². The molecule has 1 unspecified atom stereocenters. The van der Waals surface area contributed by atoms with Gasteiger partial charge in [-0.05, 0) is 38.8 Å². The van der Waals surface area contributed by atoms with Crippen LogP contribution in [0.25, 0.3) is 0 Å². The number of aromatic nitrogens is 1. The Bertz CT molecular complexity index is 416. The van der Waals surface area contributed by atoms with Crippen LogP contribution in [0.3, 0.4) is 0 Å². The summed E-state index contributed by atoms with van der Waals surface area (Å²) in [5.74, 6) is -0.447. The van der Waals surface area contributed by atoms with Crippen LogP contribution in [0.4, 0.5) is 5.82 Å². The average Bonchev–Trinajstić information content (AvgIpc) is 2.15. The van der Waals surface area contributed by atoms with Gasteiger partial charge in [0.2, 0.25) is 0 Å². The van der Waals surface area contributed by atoms with Crippen molar-refractivity contribution in [3.8, 4) is 0 Å². The van der Waals surface area contributed by atoms with Gasteiger partial charge in [0.15, 0.2) is 0 Å². The minimum atomic E-state index is -0.929. The summed E-state index contributed by atoms with van der Waals surface area (Å²) in [6, 6.07) is 2.02. The molecule has 0 spiro atoms. The standard InChI is InChI=1S/C13H20N2O2/c1-5-6-9(3)14-12-11(13(16)17)8(2)7-10(4)15-12/h7,9H,5-6H2,1-4H3,(H,14,15)(H,16,17). The van der Waals surface area contributed by atoms with Gasteiger partial charge in [-0.1, -0.05) is 13.3 Å². The number of nitrogens with one attached hydrogen (secondary N) is 1. The second kappa shape index (κ2) is 5.66. The van der Waals surface area contributed by atoms with Crippen molar-refractivity contribution in [2.24, 2.45) is 0 Å². The predicted molar refractivity (Wildman–Crippen MR) is 68.7 cm³/mol. The molecule has 4 nitrogen and oxygen atoms in total. The third kappa shape index (κ3) is 3.44. The molecule has 0 fully saturated rings. The highest BCUT2D eigenvalue weighted by Gasteiger charge is 2.16. The summed E-state index contributed by atoms with van der Waals surface area (Å²) < 4.78 is 0. The van der Waals surface area contributed by atoms with Crippen LogP contribution in [0.2, 0.25) is 0 Å². The maximum absolute atomic E-state index is 11.2. The van der Waals surface area contributed by atoms with Gasteiger partial charge >= 0.3 is 5.97 Å². The zero-order valence-corrected chi connectivity index (χ0v) is 10.9. The number of carbonyl (C=O) groups is 1. The molecule has 4 heteroatoms. The van der Waals surface area contributed by atoms with Gasteiger partial charge in [-0.25, -0.2) is 9.78 Å². The molecular weight excluding hydrogens is 216 g/mol. The lowest BCUT2D eigenvalue weighted by Gasteiger charge is -2.17. The second-order valence-electron chi connectivity index (χ2n) is 4.44. The normalized spacial score (nSPS) is 12.2. The van der Waals surface area contributed by atoms with E-state index in [0.717, 1.165) is 24.1 Å². The highest BCUT2D eigenvalue weighted by atomic mass is 16.4.